The molecule has 2 aromatic heterocycles. The summed E-state index contributed by atoms with van der Waals surface area (Å²) in [5, 5.41) is 36.9. The van der Waals surface area contributed by atoms with E-state index in [0.717, 1.165) is 48.2 Å². The summed E-state index contributed by atoms with van der Waals surface area (Å²) in [7, 11) is -16.4. The molecule has 0 bridgehead atoms. The van der Waals surface area contributed by atoms with Crippen molar-refractivity contribution in [1.82, 2.24) is 30.2 Å². The van der Waals surface area contributed by atoms with Gasteiger partial charge in [0.15, 0.2) is 22.8 Å². The summed E-state index contributed by atoms with van der Waals surface area (Å²) < 4.78 is 62.4. The third-order valence-electron chi connectivity index (χ3n) is 10.8. The Morgan fingerprint density at radius 2 is 1.52 bits per heavy atom. The van der Waals surface area contributed by atoms with Gasteiger partial charge < -0.3 is 56.0 Å². The number of nitrogens with one attached hydrogen (secondary N) is 2. The van der Waals surface area contributed by atoms with Crippen LogP contribution < -0.4 is 16.4 Å². The van der Waals surface area contributed by atoms with Crippen molar-refractivity contribution in [3.63, 3.8) is 0 Å². The number of aliphatic hydroxyl groups excluding tert-OH is 3. The molecule has 2 unspecified atom stereocenters. The highest BCUT2D eigenvalue weighted by atomic mass is 32.2. The van der Waals surface area contributed by atoms with E-state index in [1.807, 2.05) is 0 Å². The number of aromatic nitrogens is 4. The molecule has 3 rings (SSSR count). The van der Waals surface area contributed by atoms with Gasteiger partial charge in [-0.1, -0.05) is 110 Å². The van der Waals surface area contributed by atoms with Crippen LogP contribution in [-0.2, 0) is 50.7 Å². The van der Waals surface area contributed by atoms with Crippen molar-refractivity contribution in [1.29, 1.82) is 0 Å². The molecule has 1 saturated heterocycles. The fraction of sp³-hybridized carbons (Fsp3) is 0.789. The monoisotopic (exact) mass is 1040 g/mol. The lowest BCUT2D eigenvalue weighted by atomic mass is 9.87. The molecule has 9 atom stereocenters. The zero-order chi connectivity index (χ0) is 50.0. The Hall–Kier alpha value is -2.48. The van der Waals surface area contributed by atoms with E-state index in [4.69, 9.17) is 19.5 Å². The van der Waals surface area contributed by atoms with Crippen LogP contribution >= 0.6 is 35.2 Å². The molecule has 0 spiro atoms. The number of amides is 2. The van der Waals surface area contributed by atoms with Crippen molar-refractivity contribution >= 4 is 69.1 Å². The SMILES string of the molecule is CCCCCCCCCCCCC[C@@H](O)[C@@H](C)C(=O)SCCNC(=O)CCNC(=O)[C@H](O)C(C)(C)COP(=O)(O)OP(=O)(O)OC[C@H]1O[C@@H](n2cnc3c(N)ncnc32)[C@H](O)[C@@H]1OP(=O)(O)O. The van der Waals surface area contributed by atoms with E-state index in [1.165, 1.54) is 65.2 Å². The van der Waals surface area contributed by atoms with Crippen LogP contribution in [0.25, 0.3) is 11.2 Å². The Morgan fingerprint density at radius 3 is 2.15 bits per heavy atom. The summed E-state index contributed by atoms with van der Waals surface area (Å²) in [5.74, 6) is -1.78. The molecule has 0 aromatic carbocycles. The first kappa shape index (κ1) is 58.8. The number of imidazole rings is 1. The van der Waals surface area contributed by atoms with Crippen LogP contribution in [0.2, 0.25) is 0 Å². The molecule has 2 aromatic rings. The largest absolute Gasteiger partial charge is 0.481 e. The van der Waals surface area contributed by atoms with Gasteiger partial charge in [0, 0.05) is 30.7 Å². The lowest BCUT2D eigenvalue weighted by molar-refractivity contribution is -0.137. The molecule has 1 fully saturated rings. The number of hydrogen-bond donors (Lipinski definition) is 10. The molecule has 2 amide bonds. The molecule has 1 aliphatic rings. The molecule has 384 valence electrons. The number of phosphoric acid groups is 3. The van der Waals surface area contributed by atoms with Gasteiger partial charge in [-0.25, -0.2) is 28.6 Å². The highest BCUT2D eigenvalue weighted by Gasteiger charge is 2.50. The second-order valence-corrected chi connectivity index (χ2v) is 22.3. The second-order valence-electron chi connectivity index (χ2n) is 16.9. The van der Waals surface area contributed by atoms with E-state index in [-0.39, 0.29) is 47.4 Å². The topological polar surface area (TPSA) is 384 Å². The molecule has 25 nitrogen and oxygen atoms in total. The Balaban J connectivity index is 1.35. The predicted molar refractivity (Wildman–Crippen MR) is 243 cm³/mol. The zero-order valence-electron chi connectivity index (χ0n) is 38.2. The molecule has 29 heteroatoms. The first-order valence-corrected chi connectivity index (χ1v) is 27.6. The van der Waals surface area contributed by atoms with Gasteiger partial charge in [0.05, 0.1) is 31.6 Å². The van der Waals surface area contributed by atoms with Crippen molar-refractivity contribution in [3.05, 3.63) is 12.7 Å². The maximum absolute atomic E-state index is 12.7. The van der Waals surface area contributed by atoms with Crippen molar-refractivity contribution in [2.75, 3.05) is 37.8 Å². The van der Waals surface area contributed by atoms with E-state index in [0.29, 0.717) is 6.42 Å². The lowest BCUT2D eigenvalue weighted by Crippen LogP contribution is -2.46. The maximum Gasteiger partial charge on any atom is 0.481 e. The van der Waals surface area contributed by atoms with E-state index in [9.17, 15) is 63.0 Å². The number of hydrogen-bond acceptors (Lipinski definition) is 19. The van der Waals surface area contributed by atoms with E-state index in [1.54, 1.807) is 6.92 Å². The molecular weight excluding hydrogens is 967 g/mol. The third kappa shape index (κ3) is 20.4. The summed E-state index contributed by atoms with van der Waals surface area (Å²) in [5.41, 5.74) is 4.25. The summed E-state index contributed by atoms with van der Waals surface area (Å²) in [4.78, 5) is 88.8. The number of anilines is 1. The average molecular weight is 1040 g/mol. The Bertz CT molecular complexity index is 2030. The number of phosphoric ester groups is 3. The zero-order valence-corrected chi connectivity index (χ0v) is 41.7. The quantitative estimate of drug-likeness (QED) is 0.0362. The van der Waals surface area contributed by atoms with Gasteiger partial charge in [0.1, 0.15) is 36.3 Å². The molecule has 0 radical (unpaired) electrons. The van der Waals surface area contributed by atoms with Gasteiger partial charge in [0.25, 0.3) is 0 Å². The van der Waals surface area contributed by atoms with Crippen molar-refractivity contribution < 1.29 is 85.6 Å². The summed E-state index contributed by atoms with van der Waals surface area (Å²) in [6.45, 7) is 4.29. The van der Waals surface area contributed by atoms with Crippen LogP contribution in [0.4, 0.5) is 5.82 Å². The molecule has 11 N–H and O–H groups in total. The number of fused-ring (bicyclic) bond motifs is 1. The molecule has 1 aliphatic heterocycles. The van der Waals surface area contributed by atoms with Gasteiger partial charge in [-0.05, 0) is 6.42 Å². The van der Waals surface area contributed by atoms with Gasteiger partial charge in [0.2, 0.25) is 11.8 Å². The Morgan fingerprint density at radius 1 is 0.910 bits per heavy atom. The number of carbonyl (C=O) groups is 3. The lowest BCUT2D eigenvalue weighted by Gasteiger charge is -2.30. The fourth-order valence-corrected chi connectivity index (χ4v) is 10.5. The summed E-state index contributed by atoms with van der Waals surface area (Å²) in [6, 6.07) is 0. The van der Waals surface area contributed by atoms with E-state index < -0.39 is 96.6 Å². The molecule has 0 saturated carbocycles. The minimum atomic E-state index is -5.59. The first-order chi connectivity index (χ1) is 31.4. The number of aliphatic hydroxyl groups is 3. The van der Waals surface area contributed by atoms with Gasteiger partial charge in [-0.2, -0.15) is 4.31 Å². The summed E-state index contributed by atoms with van der Waals surface area (Å²) in [6.07, 6.45) is 5.92. The van der Waals surface area contributed by atoms with Crippen molar-refractivity contribution in [2.45, 2.75) is 148 Å². The van der Waals surface area contributed by atoms with Gasteiger partial charge in [-0.15, -0.1) is 0 Å². The van der Waals surface area contributed by atoms with Gasteiger partial charge >= 0.3 is 23.5 Å². The average Bonchev–Trinajstić information content (AvgIpc) is 3.81. The second kappa shape index (κ2) is 27.8. The normalized spacial score (nSPS) is 21.1. The number of carbonyl (C=O) groups excluding carboxylic acids is 3. The van der Waals surface area contributed by atoms with E-state index >= 15 is 0 Å². The highest BCUT2D eigenvalue weighted by molar-refractivity contribution is 8.13. The van der Waals surface area contributed by atoms with Crippen LogP contribution in [0.1, 0.15) is 117 Å². The Labute approximate surface area is 393 Å². The molecule has 3 heterocycles. The molecule has 67 heavy (non-hydrogen) atoms. The predicted octanol–water partition coefficient (Wildman–Crippen LogP) is 3.36. The summed E-state index contributed by atoms with van der Waals surface area (Å²) >= 11 is 1.01. The van der Waals surface area contributed by atoms with Crippen molar-refractivity contribution in [2.24, 2.45) is 11.3 Å². The van der Waals surface area contributed by atoms with E-state index in [2.05, 4.69) is 41.3 Å². The van der Waals surface area contributed by atoms with Crippen LogP contribution in [-0.4, -0.2) is 134 Å². The molecular formula is C38H68N7O18P3S. The number of ether oxygens (including phenoxy) is 1. The van der Waals surface area contributed by atoms with Crippen LogP contribution in [0.15, 0.2) is 12.7 Å². The minimum Gasteiger partial charge on any atom is -0.392 e. The van der Waals surface area contributed by atoms with Crippen LogP contribution in [0, 0.1) is 11.3 Å². The minimum absolute atomic E-state index is 0.0278. The van der Waals surface area contributed by atoms with Crippen LogP contribution in [0.5, 0.6) is 0 Å². The number of nitrogens with zero attached hydrogens (tertiary/aromatic N) is 4. The number of thioether (sulfide) groups is 1. The molecule has 0 aliphatic carbocycles. The third-order valence-corrected chi connectivity index (χ3v) is 15.0. The first-order valence-electron chi connectivity index (χ1n) is 22.1. The highest BCUT2D eigenvalue weighted by Crippen LogP contribution is 2.61. The number of nitrogen functional groups attached to an aromatic ring is 1. The Kier molecular flexibility index (Phi) is 24.4. The fourth-order valence-electron chi connectivity index (χ4n) is 6.84. The van der Waals surface area contributed by atoms with Gasteiger partial charge in [-0.3, -0.25) is 32.5 Å². The van der Waals surface area contributed by atoms with Crippen molar-refractivity contribution in [3.8, 4) is 0 Å². The number of rotatable bonds is 33. The van der Waals surface area contributed by atoms with Crippen LogP contribution in [0.3, 0.4) is 0 Å². The number of nitrogens with two attached hydrogens (primary N) is 1. The standard InChI is InChI=1S/C38H68N7O18P3S/c1-5-6-7-8-9-10-11-12-13-14-15-16-26(46)25(2)37(51)67-20-19-40-28(47)17-18-41-35(50)32(49)38(3,4)22-60-66(57,58)63-65(55,56)59-21-27-31(62-64(52,53)54)30(48)36(61-27)45-24-44-29-33(39)42-23-43-34(29)45/h23-27,30-32,36,46,48-49H,5-22H2,1-4H3,(H,40,47)(H,41,50)(H,55,56)(H,57,58)(H2,39,42,43)(H2,52,53,54)/t25-,26-,27-,30-,31-,32+,36-/m1/s1. The smallest absolute Gasteiger partial charge is 0.392 e. The maximum atomic E-state index is 12.7. The number of unbranched alkanes of at least 4 members (excludes halogenated alkanes) is 10.